The third kappa shape index (κ3) is 3.09. The van der Waals surface area contributed by atoms with E-state index in [9.17, 15) is 18.5 Å². The minimum atomic E-state index is -3.73. The van der Waals surface area contributed by atoms with Crippen LogP contribution in [0.2, 0.25) is 0 Å². The summed E-state index contributed by atoms with van der Waals surface area (Å²) in [7, 11) is -3.73. The lowest BCUT2D eigenvalue weighted by molar-refractivity contribution is -0.384. The highest BCUT2D eigenvalue weighted by molar-refractivity contribution is 9.09. The van der Waals surface area contributed by atoms with Crippen molar-refractivity contribution < 1.29 is 13.3 Å². The molecule has 24 heavy (non-hydrogen) atoms. The van der Waals surface area contributed by atoms with Crippen LogP contribution in [0, 0.1) is 10.1 Å². The molecule has 1 aliphatic rings. The normalized spacial score (nSPS) is 21.7. The Bertz CT molecular complexity index is 840. The molecule has 8 heteroatoms. The summed E-state index contributed by atoms with van der Waals surface area (Å²) < 4.78 is 27.4. The fourth-order valence-corrected chi connectivity index (χ4v) is 5.51. The molecular weight excluding hydrogens is 396 g/mol. The van der Waals surface area contributed by atoms with E-state index in [-0.39, 0.29) is 21.5 Å². The van der Waals surface area contributed by atoms with Gasteiger partial charge in [-0.3, -0.25) is 10.1 Å². The summed E-state index contributed by atoms with van der Waals surface area (Å²) in [6, 6.07) is 14.2. The Labute approximate surface area is 148 Å². The highest BCUT2D eigenvalue weighted by atomic mass is 79.9. The molecule has 0 N–H and O–H groups in total. The van der Waals surface area contributed by atoms with Gasteiger partial charge >= 0.3 is 0 Å². The van der Waals surface area contributed by atoms with Crippen LogP contribution in [0.15, 0.2) is 59.5 Å². The zero-order chi connectivity index (χ0) is 17.3. The lowest BCUT2D eigenvalue weighted by atomic mass is 10.1. The van der Waals surface area contributed by atoms with E-state index < -0.39 is 14.9 Å². The summed E-state index contributed by atoms with van der Waals surface area (Å²) in [4.78, 5) is 10.3. The number of nitro groups is 1. The predicted molar refractivity (Wildman–Crippen MR) is 93.5 cm³/mol. The van der Waals surface area contributed by atoms with Gasteiger partial charge in [0.25, 0.3) is 5.69 Å². The highest BCUT2D eigenvalue weighted by Crippen LogP contribution is 2.40. The standard InChI is InChI=1S/C16H15BrN2O4S/c17-15-10-11-18(16(15)12-4-2-1-3-5-12)24(22,23)14-8-6-13(7-9-14)19(20)21/h1-9,15-16H,10-11H2/t15-,16+/m1/s1. The number of alkyl halides is 1. The molecule has 0 aromatic heterocycles. The maximum absolute atomic E-state index is 13.0. The van der Waals surface area contributed by atoms with Crippen LogP contribution in [0.25, 0.3) is 0 Å². The molecule has 0 amide bonds. The van der Waals surface area contributed by atoms with Gasteiger partial charge in [-0.05, 0) is 24.1 Å². The maximum atomic E-state index is 13.0. The van der Waals surface area contributed by atoms with Crippen LogP contribution in [0.5, 0.6) is 0 Å². The Morgan fingerprint density at radius 3 is 2.29 bits per heavy atom. The summed E-state index contributed by atoms with van der Waals surface area (Å²) in [5.41, 5.74) is 0.788. The number of non-ortho nitro benzene ring substituents is 1. The fraction of sp³-hybridized carbons (Fsp3) is 0.250. The van der Waals surface area contributed by atoms with Crippen molar-refractivity contribution in [1.29, 1.82) is 0 Å². The van der Waals surface area contributed by atoms with Crippen LogP contribution in [0.1, 0.15) is 18.0 Å². The number of rotatable bonds is 4. The second kappa shape index (κ2) is 6.62. The number of halogens is 1. The van der Waals surface area contributed by atoms with E-state index in [1.54, 1.807) is 0 Å². The Balaban J connectivity index is 1.97. The zero-order valence-electron chi connectivity index (χ0n) is 12.6. The molecule has 0 saturated carbocycles. The van der Waals surface area contributed by atoms with Gasteiger partial charge in [-0.25, -0.2) is 8.42 Å². The molecule has 0 radical (unpaired) electrons. The Morgan fingerprint density at radius 2 is 1.71 bits per heavy atom. The van der Waals surface area contributed by atoms with E-state index in [0.717, 1.165) is 5.56 Å². The molecule has 2 aromatic rings. The first-order valence-corrected chi connectivity index (χ1v) is 9.72. The first-order chi connectivity index (χ1) is 11.4. The van der Waals surface area contributed by atoms with Gasteiger partial charge in [0.2, 0.25) is 10.0 Å². The van der Waals surface area contributed by atoms with E-state index in [1.807, 2.05) is 30.3 Å². The largest absolute Gasteiger partial charge is 0.269 e. The summed E-state index contributed by atoms with van der Waals surface area (Å²) in [5, 5.41) is 10.7. The van der Waals surface area contributed by atoms with E-state index in [2.05, 4.69) is 15.9 Å². The Kier molecular flexibility index (Phi) is 4.71. The maximum Gasteiger partial charge on any atom is 0.269 e. The molecular formula is C16H15BrN2O4S. The van der Waals surface area contributed by atoms with Crippen molar-refractivity contribution in [3.8, 4) is 0 Å². The van der Waals surface area contributed by atoms with E-state index in [4.69, 9.17) is 0 Å². The molecule has 1 saturated heterocycles. The van der Waals surface area contributed by atoms with Gasteiger partial charge in [0.05, 0.1) is 15.9 Å². The summed E-state index contributed by atoms with van der Waals surface area (Å²) >= 11 is 3.58. The fourth-order valence-electron chi connectivity index (χ4n) is 2.90. The molecule has 1 heterocycles. The molecule has 1 fully saturated rings. The van der Waals surface area contributed by atoms with Crippen molar-refractivity contribution in [1.82, 2.24) is 4.31 Å². The highest BCUT2D eigenvalue weighted by Gasteiger charge is 2.41. The third-order valence-corrected chi connectivity index (χ3v) is 6.93. The van der Waals surface area contributed by atoms with E-state index in [0.29, 0.717) is 13.0 Å². The van der Waals surface area contributed by atoms with Crippen molar-refractivity contribution in [2.24, 2.45) is 0 Å². The van der Waals surface area contributed by atoms with Crippen molar-refractivity contribution >= 4 is 31.6 Å². The zero-order valence-corrected chi connectivity index (χ0v) is 15.0. The topological polar surface area (TPSA) is 80.5 Å². The number of hydrogen-bond acceptors (Lipinski definition) is 4. The first kappa shape index (κ1) is 17.1. The summed E-state index contributed by atoms with van der Waals surface area (Å²) in [5.74, 6) is 0. The van der Waals surface area contributed by atoms with Gasteiger partial charge in [-0.2, -0.15) is 4.31 Å². The Hall–Kier alpha value is -1.77. The molecule has 3 rings (SSSR count). The SMILES string of the molecule is O=[N+]([O-])c1ccc(S(=O)(=O)N2CC[C@@H](Br)[C@@H]2c2ccccc2)cc1. The molecule has 2 aromatic carbocycles. The van der Waals surface area contributed by atoms with Crippen molar-refractivity contribution in [2.75, 3.05) is 6.54 Å². The van der Waals surface area contributed by atoms with Gasteiger partial charge in [0.15, 0.2) is 0 Å². The number of nitrogens with zero attached hydrogens (tertiary/aromatic N) is 2. The molecule has 0 aliphatic carbocycles. The molecule has 0 spiro atoms. The first-order valence-electron chi connectivity index (χ1n) is 7.36. The van der Waals surface area contributed by atoms with Crippen molar-refractivity contribution in [2.45, 2.75) is 22.2 Å². The van der Waals surface area contributed by atoms with Crippen LogP contribution < -0.4 is 0 Å². The van der Waals surface area contributed by atoms with Crippen LogP contribution in [-0.4, -0.2) is 29.0 Å². The summed E-state index contributed by atoms with van der Waals surface area (Å²) in [6.45, 7) is 0.398. The Morgan fingerprint density at radius 1 is 1.08 bits per heavy atom. The second-order valence-corrected chi connectivity index (χ2v) is 8.59. The molecule has 0 unspecified atom stereocenters. The van der Waals surface area contributed by atoms with Gasteiger partial charge in [0, 0.05) is 23.5 Å². The van der Waals surface area contributed by atoms with Gasteiger partial charge in [0.1, 0.15) is 0 Å². The molecule has 126 valence electrons. The predicted octanol–water partition coefficient (Wildman–Crippen LogP) is 3.49. The van der Waals surface area contributed by atoms with Crippen LogP contribution >= 0.6 is 15.9 Å². The van der Waals surface area contributed by atoms with Crippen molar-refractivity contribution in [3.05, 3.63) is 70.3 Å². The quantitative estimate of drug-likeness (QED) is 0.438. The van der Waals surface area contributed by atoms with Crippen molar-refractivity contribution in [3.63, 3.8) is 0 Å². The minimum absolute atomic E-state index is 0.0210. The molecule has 0 bridgehead atoms. The average molecular weight is 411 g/mol. The van der Waals surface area contributed by atoms with Gasteiger partial charge in [-0.15, -0.1) is 0 Å². The van der Waals surface area contributed by atoms with Crippen LogP contribution in [0.4, 0.5) is 5.69 Å². The third-order valence-electron chi connectivity index (χ3n) is 4.07. The van der Waals surface area contributed by atoms with E-state index in [1.165, 1.54) is 28.6 Å². The number of nitro benzene ring substituents is 1. The molecule has 1 aliphatic heterocycles. The van der Waals surface area contributed by atoms with Crippen LogP contribution in [0.3, 0.4) is 0 Å². The van der Waals surface area contributed by atoms with Gasteiger partial charge < -0.3 is 0 Å². The number of sulfonamides is 1. The van der Waals surface area contributed by atoms with Crippen LogP contribution in [-0.2, 0) is 10.0 Å². The molecule has 6 nitrogen and oxygen atoms in total. The summed E-state index contributed by atoms with van der Waals surface area (Å²) in [6.07, 6.45) is 0.700. The lowest BCUT2D eigenvalue weighted by Crippen LogP contribution is -2.32. The number of hydrogen-bond donors (Lipinski definition) is 0. The monoisotopic (exact) mass is 410 g/mol. The van der Waals surface area contributed by atoms with Gasteiger partial charge in [-0.1, -0.05) is 46.3 Å². The lowest BCUT2D eigenvalue weighted by Gasteiger charge is -2.26. The second-order valence-electron chi connectivity index (χ2n) is 5.53. The smallest absolute Gasteiger partial charge is 0.258 e. The number of benzene rings is 2. The average Bonchev–Trinajstić information content (AvgIpc) is 2.98. The molecule has 2 atom stereocenters. The minimum Gasteiger partial charge on any atom is -0.258 e. The van der Waals surface area contributed by atoms with E-state index >= 15 is 0 Å².